The number of carbonyl (C=O) groups excluding carboxylic acids is 1. The Hall–Kier alpha value is -0.930. The number of aliphatic hydroxyl groups excluding tert-OH is 1. The fourth-order valence-corrected chi connectivity index (χ4v) is 1.53. The predicted molar refractivity (Wildman–Crippen MR) is 52.4 cm³/mol. The van der Waals surface area contributed by atoms with E-state index in [9.17, 15) is 18.0 Å². The zero-order valence-electron chi connectivity index (χ0n) is 8.26. The van der Waals surface area contributed by atoms with Crippen LogP contribution < -0.4 is 10.6 Å². The van der Waals surface area contributed by atoms with Gasteiger partial charge in [-0.2, -0.15) is 13.2 Å². The van der Waals surface area contributed by atoms with Crippen LogP contribution in [0.15, 0.2) is 0 Å². The quantitative estimate of drug-likeness (QED) is 0.576. The summed E-state index contributed by atoms with van der Waals surface area (Å²) in [7, 11) is 1.14. The first kappa shape index (κ1) is 13.1. The second-order valence-corrected chi connectivity index (χ2v) is 3.58. The number of aliphatic hydroxyl groups is 1. The summed E-state index contributed by atoms with van der Waals surface area (Å²) in [6.45, 7) is -0.905. The van der Waals surface area contributed by atoms with Gasteiger partial charge >= 0.3 is 6.18 Å². The Labute approximate surface area is 94.6 Å². The highest BCUT2D eigenvalue weighted by Gasteiger charge is 2.65. The van der Waals surface area contributed by atoms with Gasteiger partial charge in [-0.3, -0.25) is 15.0 Å². The number of likely N-dealkylation sites (N-methyl/N-ethyl adjacent to an activating group) is 1. The Morgan fingerprint density at radius 3 is 2.50 bits per heavy atom. The summed E-state index contributed by atoms with van der Waals surface area (Å²) in [5.74, 6) is -1.24. The van der Waals surface area contributed by atoms with Gasteiger partial charge in [-0.05, 0) is 12.2 Å². The molecule has 92 valence electrons. The molecule has 9 heteroatoms. The van der Waals surface area contributed by atoms with Crippen molar-refractivity contribution < 1.29 is 23.1 Å². The average Bonchev–Trinajstić information content (AvgIpc) is 2.40. The minimum atomic E-state index is -4.85. The van der Waals surface area contributed by atoms with Crippen molar-refractivity contribution >= 4 is 23.2 Å². The fraction of sp³-hybridized carbons (Fsp3) is 0.714. The van der Waals surface area contributed by atoms with E-state index in [0.717, 1.165) is 7.05 Å². The highest BCUT2D eigenvalue weighted by atomic mass is 32.1. The van der Waals surface area contributed by atoms with Crippen molar-refractivity contribution in [1.82, 2.24) is 15.5 Å². The molecule has 1 saturated heterocycles. The van der Waals surface area contributed by atoms with Crippen molar-refractivity contribution in [3.63, 3.8) is 0 Å². The minimum Gasteiger partial charge on any atom is -0.395 e. The maximum absolute atomic E-state index is 12.8. The Bertz CT molecular complexity index is 322. The summed E-state index contributed by atoms with van der Waals surface area (Å²) < 4.78 is 38.5. The van der Waals surface area contributed by atoms with Crippen LogP contribution in [0.4, 0.5) is 13.2 Å². The number of carbonyl (C=O) groups is 1. The first-order chi connectivity index (χ1) is 7.26. The van der Waals surface area contributed by atoms with E-state index in [0.29, 0.717) is 4.90 Å². The Balaban J connectivity index is 3.07. The lowest BCUT2D eigenvalue weighted by Gasteiger charge is -2.29. The molecule has 0 saturated carbocycles. The molecule has 0 bridgehead atoms. The third-order valence-corrected chi connectivity index (χ3v) is 2.53. The lowest BCUT2D eigenvalue weighted by molar-refractivity contribution is -0.202. The Morgan fingerprint density at radius 2 is 2.19 bits per heavy atom. The molecule has 16 heavy (non-hydrogen) atoms. The van der Waals surface area contributed by atoms with E-state index in [1.54, 1.807) is 0 Å². The summed E-state index contributed by atoms with van der Waals surface area (Å²) in [4.78, 5) is 12.2. The number of nitrogens with zero attached hydrogens (tertiary/aromatic N) is 1. The van der Waals surface area contributed by atoms with Crippen molar-refractivity contribution in [1.29, 1.82) is 0 Å². The largest absolute Gasteiger partial charge is 0.434 e. The van der Waals surface area contributed by atoms with Crippen molar-refractivity contribution in [3.8, 4) is 0 Å². The maximum atomic E-state index is 12.8. The van der Waals surface area contributed by atoms with Crippen LogP contribution >= 0.6 is 12.2 Å². The summed E-state index contributed by atoms with van der Waals surface area (Å²) in [6, 6.07) is 0. The number of alkyl halides is 3. The molecule has 1 aliphatic rings. The van der Waals surface area contributed by atoms with Gasteiger partial charge in [-0.1, -0.05) is 0 Å². The molecular formula is C7H10F3N3O2S. The number of rotatable bonds is 3. The average molecular weight is 257 g/mol. The van der Waals surface area contributed by atoms with E-state index in [1.807, 2.05) is 10.6 Å². The fourth-order valence-electron chi connectivity index (χ4n) is 1.30. The molecule has 1 unspecified atom stereocenters. The van der Waals surface area contributed by atoms with Crippen molar-refractivity contribution in [2.75, 3.05) is 20.2 Å². The molecule has 0 aromatic rings. The molecule has 1 heterocycles. The number of nitrogens with one attached hydrogen (secondary N) is 2. The third-order valence-electron chi connectivity index (χ3n) is 2.15. The van der Waals surface area contributed by atoms with Gasteiger partial charge in [0, 0.05) is 13.6 Å². The van der Waals surface area contributed by atoms with Gasteiger partial charge in [0.25, 0.3) is 11.6 Å². The van der Waals surface area contributed by atoms with Crippen LogP contribution in [-0.2, 0) is 4.79 Å². The van der Waals surface area contributed by atoms with Crippen LogP contribution in [0.25, 0.3) is 0 Å². The topological polar surface area (TPSA) is 64.6 Å². The van der Waals surface area contributed by atoms with Gasteiger partial charge in [0.05, 0.1) is 6.61 Å². The molecule has 1 aliphatic heterocycles. The van der Waals surface area contributed by atoms with E-state index in [4.69, 9.17) is 5.11 Å². The van der Waals surface area contributed by atoms with E-state index in [-0.39, 0.29) is 11.7 Å². The van der Waals surface area contributed by atoms with E-state index in [1.165, 1.54) is 0 Å². The molecule has 0 aromatic carbocycles. The normalized spacial score (nSPS) is 26.2. The van der Waals surface area contributed by atoms with Crippen molar-refractivity contribution in [2.24, 2.45) is 0 Å². The highest BCUT2D eigenvalue weighted by Crippen LogP contribution is 2.32. The molecule has 0 aliphatic carbocycles. The minimum absolute atomic E-state index is 0.312. The second-order valence-electron chi connectivity index (χ2n) is 3.19. The van der Waals surface area contributed by atoms with Crippen LogP contribution in [0.2, 0.25) is 0 Å². The number of thiocarbonyl (C=S) groups is 1. The van der Waals surface area contributed by atoms with Gasteiger partial charge in [0.1, 0.15) is 0 Å². The molecule has 1 fully saturated rings. The first-order valence-electron chi connectivity index (χ1n) is 4.29. The summed E-state index contributed by atoms with van der Waals surface area (Å²) >= 11 is 4.58. The number of hydrogen-bond acceptors (Lipinski definition) is 4. The summed E-state index contributed by atoms with van der Waals surface area (Å²) in [6.07, 6.45) is -4.85. The molecule has 0 spiro atoms. The molecule has 1 rings (SSSR count). The molecule has 3 N–H and O–H groups in total. The van der Waals surface area contributed by atoms with Crippen LogP contribution in [0, 0.1) is 0 Å². The van der Waals surface area contributed by atoms with Crippen LogP contribution in [0.3, 0.4) is 0 Å². The lowest BCUT2D eigenvalue weighted by Crippen LogP contribution is -2.68. The summed E-state index contributed by atoms with van der Waals surface area (Å²) in [5, 5.41) is 12.0. The number of halogens is 3. The zero-order valence-corrected chi connectivity index (χ0v) is 9.08. The standard InChI is InChI=1S/C7H10F3N3O2S/c1-13-4(15)6(7(8,9)10,11-2-3-14)12-5(13)16/h11,14H,2-3H2,1H3,(H,12,16). The van der Waals surface area contributed by atoms with Crippen LogP contribution in [-0.4, -0.2) is 53.1 Å². The second kappa shape index (κ2) is 4.15. The number of amides is 1. The van der Waals surface area contributed by atoms with Crippen LogP contribution in [0.1, 0.15) is 0 Å². The third kappa shape index (κ3) is 1.85. The monoisotopic (exact) mass is 257 g/mol. The Morgan fingerprint density at radius 1 is 1.62 bits per heavy atom. The molecular weight excluding hydrogens is 247 g/mol. The van der Waals surface area contributed by atoms with Gasteiger partial charge in [0.2, 0.25) is 0 Å². The molecule has 5 nitrogen and oxygen atoms in total. The van der Waals surface area contributed by atoms with E-state index in [2.05, 4.69) is 12.2 Å². The van der Waals surface area contributed by atoms with Crippen molar-refractivity contribution in [3.05, 3.63) is 0 Å². The smallest absolute Gasteiger partial charge is 0.395 e. The van der Waals surface area contributed by atoms with E-state index < -0.39 is 24.4 Å². The summed E-state index contributed by atoms with van der Waals surface area (Å²) in [5.41, 5.74) is -2.93. The van der Waals surface area contributed by atoms with Crippen LogP contribution in [0.5, 0.6) is 0 Å². The van der Waals surface area contributed by atoms with Gasteiger partial charge < -0.3 is 10.4 Å². The number of hydrogen-bond donors (Lipinski definition) is 3. The lowest BCUT2D eigenvalue weighted by atomic mass is 10.1. The molecule has 0 radical (unpaired) electrons. The molecule has 1 atom stereocenters. The van der Waals surface area contributed by atoms with Crippen molar-refractivity contribution in [2.45, 2.75) is 11.8 Å². The highest BCUT2D eigenvalue weighted by molar-refractivity contribution is 7.80. The zero-order chi connectivity index (χ0) is 12.6. The first-order valence-corrected chi connectivity index (χ1v) is 4.70. The SMILES string of the molecule is CN1C(=O)C(NCCO)(C(F)(F)F)NC1=S. The Kier molecular flexibility index (Phi) is 3.41. The molecule has 0 aromatic heterocycles. The van der Waals surface area contributed by atoms with Gasteiger partial charge in [-0.15, -0.1) is 0 Å². The molecule has 1 amide bonds. The van der Waals surface area contributed by atoms with Gasteiger partial charge in [-0.25, -0.2) is 0 Å². The maximum Gasteiger partial charge on any atom is 0.434 e. The van der Waals surface area contributed by atoms with Gasteiger partial charge in [0.15, 0.2) is 5.11 Å². The predicted octanol–water partition coefficient (Wildman–Crippen LogP) is -0.827. The van der Waals surface area contributed by atoms with E-state index >= 15 is 0 Å².